The van der Waals surface area contributed by atoms with Gasteiger partial charge in [0, 0.05) is 10.9 Å². The second kappa shape index (κ2) is 3.05. The molecule has 68 valence electrons. The quantitative estimate of drug-likeness (QED) is 0.697. The minimum absolute atomic E-state index is 0.645. The monoisotopic (exact) mass is 234 g/mol. The van der Waals surface area contributed by atoms with E-state index < -0.39 is 3.79 Å². The van der Waals surface area contributed by atoms with Gasteiger partial charge in [0.2, 0.25) is 3.79 Å². The lowest BCUT2D eigenvalue weighted by Gasteiger charge is -2.10. The van der Waals surface area contributed by atoms with E-state index in [0.29, 0.717) is 5.56 Å². The summed E-state index contributed by atoms with van der Waals surface area (Å²) in [5.74, 6) is 0. The first kappa shape index (κ1) is 9.13. The summed E-state index contributed by atoms with van der Waals surface area (Å²) in [7, 11) is 0. The smallest absolute Gasteiger partial charge is 0.216 e. The van der Waals surface area contributed by atoms with E-state index in [4.69, 9.17) is 34.8 Å². The minimum Gasteiger partial charge on any atom is -0.278 e. The van der Waals surface area contributed by atoms with E-state index in [9.17, 15) is 0 Å². The van der Waals surface area contributed by atoms with Gasteiger partial charge in [0.15, 0.2) is 0 Å². The zero-order valence-corrected chi connectivity index (χ0v) is 8.66. The molecule has 5 heteroatoms. The molecule has 1 aromatic carbocycles. The topological polar surface area (TPSA) is 28.7 Å². The van der Waals surface area contributed by atoms with Gasteiger partial charge in [-0.25, -0.2) is 0 Å². The van der Waals surface area contributed by atoms with E-state index >= 15 is 0 Å². The lowest BCUT2D eigenvalue weighted by molar-refractivity contribution is 1.12. The van der Waals surface area contributed by atoms with E-state index in [1.165, 1.54) is 0 Å². The molecule has 0 unspecified atom stereocenters. The number of aromatic amines is 1. The average Bonchev–Trinajstić information content (AvgIpc) is 2.47. The highest BCUT2D eigenvalue weighted by Gasteiger charge is 2.22. The Morgan fingerprint density at radius 3 is 2.69 bits per heavy atom. The van der Waals surface area contributed by atoms with Gasteiger partial charge in [-0.2, -0.15) is 5.10 Å². The second-order valence-electron chi connectivity index (χ2n) is 2.67. The minimum atomic E-state index is -1.37. The molecule has 1 heterocycles. The molecule has 0 fully saturated rings. The molecule has 1 aromatic heterocycles. The van der Waals surface area contributed by atoms with Crippen LogP contribution in [0.1, 0.15) is 5.56 Å². The highest BCUT2D eigenvalue weighted by atomic mass is 35.6. The van der Waals surface area contributed by atoms with Gasteiger partial charge in [-0.15, -0.1) is 0 Å². The van der Waals surface area contributed by atoms with Crippen molar-refractivity contribution in [3.05, 3.63) is 30.0 Å². The van der Waals surface area contributed by atoms with Crippen molar-refractivity contribution in [3.8, 4) is 0 Å². The van der Waals surface area contributed by atoms with Crippen molar-refractivity contribution in [2.45, 2.75) is 3.79 Å². The van der Waals surface area contributed by atoms with Crippen LogP contribution in [0.4, 0.5) is 0 Å². The summed E-state index contributed by atoms with van der Waals surface area (Å²) in [5.41, 5.74) is 1.57. The predicted molar refractivity (Wildman–Crippen MR) is 55.3 cm³/mol. The number of nitrogens with zero attached hydrogens (tertiary/aromatic N) is 1. The van der Waals surface area contributed by atoms with Gasteiger partial charge in [-0.3, -0.25) is 5.10 Å². The lowest BCUT2D eigenvalue weighted by Crippen LogP contribution is -1.98. The Morgan fingerprint density at radius 2 is 2.00 bits per heavy atom. The normalized spacial score (nSPS) is 12.2. The standard InChI is InChI=1S/C8H5Cl3N2/c9-8(10,11)6-1-2-7-5(3-6)4-12-13-7/h1-4H,(H,12,13). The number of halogens is 3. The zero-order chi connectivity index (χ0) is 9.47. The number of hydrogen-bond donors (Lipinski definition) is 1. The third-order valence-electron chi connectivity index (χ3n) is 1.77. The Balaban J connectivity index is 2.61. The summed E-state index contributed by atoms with van der Waals surface area (Å²) >= 11 is 17.2. The van der Waals surface area contributed by atoms with Gasteiger partial charge in [-0.05, 0) is 12.1 Å². The molecule has 0 aliphatic heterocycles. The largest absolute Gasteiger partial charge is 0.278 e. The molecular weight excluding hydrogens is 230 g/mol. The number of fused-ring (bicyclic) bond motifs is 1. The molecule has 0 aliphatic rings. The van der Waals surface area contributed by atoms with Crippen molar-refractivity contribution in [1.29, 1.82) is 0 Å². The van der Waals surface area contributed by atoms with Crippen LogP contribution in [-0.2, 0) is 3.79 Å². The summed E-state index contributed by atoms with van der Waals surface area (Å²) in [6.07, 6.45) is 1.69. The van der Waals surface area contributed by atoms with Crippen LogP contribution in [-0.4, -0.2) is 10.2 Å². The molecule has 0 atom stereocenters. The first-order chi connectivity index (χ1) is 6.07. The van der Waals surface area contributed by atoms with Gasteiger partial charge in [0.05, 0.1) is 11.7 Å². The van der Waals surface area contributed by atoms with Crippen LogP contribution in [0.2, 0.25) is 0 Å². The van der Waals surface area contributed by atoms with Gasteiger partial charge in [-0.1, -0.05) is 40.9 Å². The molecule has 0 bridgehead atoms. The first-order valence-corrected chi connectivity index (χ1v) is 4.71. The molecule has 0 amide bonds. The van der Waals surface area contributed by atoms with Crippen LogP contribution in [0.5, 0.6) is 0 Å². The summed E-state index contributed by atoms with van der Waals surface area (Å²) in [4.78, 5) is 0. The number of nitrogens with one attached hydrogen (secondary N) is 1. The highest BCUT2D eigenvalue weighted by molar-refractivity contribution is 6.66. The molecule has 2 rings (SSSR count). The Kier molecular flexibility index (Phi) is 2.14. The molecule has 0 spiro atoms. The lowest BCUT2D eigenvalue weighted by atomic mass is 10.2. The van der Waals surface area contributed by atoms with Crippen LogP contribution in [0.3, 0.4) is 0 Å². The zero-order valence-electron chi connectivity index (χ0n) is 6.39. The molecule has 2 nitrogen and oxygen atoms in total. The molecule has 0 radical (unpaired) electrons. The first-order valence-electron chi connectivity index (χ1n) is 3.58. The molecule has 0 saturated carbocycles. The van der Waals surface area contributed by atoms with Crippen molar-refractivity contribution in [1.82, 2.24) is 10.2 Å². The fraction of sp³-hybridized carbons (Fsp3) is 0.125. The number of H-pyrrole nitrogens is 1. The van der Waals surface area contributed by atoms with Gasteiger partial charge in [0.1, 0.15) is 0 Å². The Hall–Kier alpha value is -0.440. The third-order valence-corrected chi connectivity index (χ3v) is 2.42. The van der Waals surface area contributed by atoms with Crippen molar-refractivity contribution in [2.75, 3.05) is 0 Å². The van der Waals surface area contributed by atoms with E-state index in [2.05, 4.69) is 10.2 Å². The molecular formula is C8H5Cl3N2. The van der Waals surface area contributed by atoms with E-state index in [1.807, 2.05) is 6.07 Å². The number of benzene rings is 1. The highest BCUT2D eigenvalue weighted by Crippen LogP contribution is 2.38. The van der Waals surface area contributed by atoms with E-state index in [1.54, 1.807) is 18.3 Å². The Morgan fingerprint density at radius 1 is 1.23 bits per heavy atom. The molecule has 13 heavy (non-hydrogen) atoms. The van der Waals surface area contributed by atoms with E-state index in [0.717, 1.165) is 10.9 Å². The number of hydrogen-bond acceptors (Lipinski definition) is 1. The Labute approximate surface area is 89.8 Å². The van der Waals surface area contributed by atoms with Crippen molar-refractivity contribution in [3.63, 3.8) is 0 Å². The van der Waals surface area contributed by atoms with Crippen molar-refractivity contribution < 1.29 is 0 Å². The van der Waals surface area contributed by atoms with Gasteiger partial charge < -0.3 is 0 Å². The summed E-state index contributed by atoms with van der Waals surface area (Å²) in [6.45, 7) is 0. The van der Waals surface area contributed by atoms with Crippen LogP contribution in [0, 0.1) is 0 Å². The van der Waals surface area contributed by atoms with Crippen molar-refractivity contribution >= 4 is 45.7 Å². The number of rotatable bonds is 0. The second-order valence-corrected chi connectivity index (χ2v) is 4.95. The van der Waals surface area contributed by atoms with Crippen LogP contribution >= 0.6 is 34.8 Å². The van der Waals surface area contributed by atoms with Crippen LogP contribution in [0.25, 0.3) is 10.9 Å². The van der Waals surface area contributed by atoms with Crippen LogP contribution < -0.4 is 0 Å². The molecule has 0 aliphatic carbocycles. The number of alkyl halides is 3. The predicted octanol–water partition coefficient (Wildman–Crippen LogP) is 3.39. The SMILES string of the molecule is ClC(Cl)(Cl)c1ccc2[nH]ncc2c1. The fourth-order valence-electron chi connectivity index (χ4n) is 1.12. The molecule has 2 aromatic rings. The summed E-state index contributed by atoms with van der Waals surface area (Å²) in [6, 6.07) is 5.39. The van der Waals surface area contributed by atoms with Crippen LogP contribution in [0.15, 0.2) is 24.4 Å². The maximum atomic E-state index is 5.73. The molecule has 1 N–H and O–H groups in total. The maximum absolute atomic E-state index is 5.73. The Bertz CT molecular complexity index is 430. The van der Waals surface area contributed by atoms with Gasteiger partial charge >= 0.3 is 0 Å². The molecule has 0 saturated heterocycles. The maximum Gasteiger partial charge on any atom is 0.216 e. The average molecular weight is 236 g/mol. The third kappa shape index (κ3) is 1.75. The van der Waals surface area contributed by atoms with Crippen molar-refractivity contribution in [2.24, 2.45) is 0 Å². The number of aromatic nitrogens is 2. The summed E-state index contributed by atoms with van der Waals surface area (Å²) in [5, 5.41) is 7.62. The van der Waals surface area contributed by atoms with E-state index in [-0.39, 0.29) is 0 Å². The van der Waals surface area contributed by atoms with Gasteiger partial charge in [0.25, 0.3) is 0 Å². The fourth-order valence-corrected chi connectivity index (χ4v) is 1.47. The summed E-state index contributed by atoms with van der Waals surface area (Å²) < 4.78 is -1.37.